The van der Waals surface area contributed by atoms with Gasteiger partial charge < -0.3 is 10.1 Å². The minimum Gasteiger partial charge on any atom is -0.489 e. The minimum atomic E-state index is -0.299. The van der Waals surface area contributed by atoms with Gasteiger partial charge in [-0.2, -0.15) is 10.5 Å². The van der Waals surface area contributed by atoms with E-state index in [0.717, 1.165) is 5.56 Å². The fourth-order valence-electron chi connectivity index (χ4n) is 2.05. The average Bonchev–Trinajstić information content (AvgIpc) is 3.16. The predicted molar refractivity (Wildman–Crippen MR) is 88.6 cm³/mol. The lowest BCUT2D eigenvalue weighted by molar-refractivity contribution is 0.306. The van der Waals surface area contributed by atoms with Crippen molar-refractivity contribution in [2.75, 3.05) is 5.32 Å². The molecule has 8 heteroatoms. The van der Waals surface area contributed by atoms with Gasteiger partial charge >= 0.3 is 0 Å². The number of hydrogen-bond donors (Lipinski definition) is 2. The molecule has 0 radical (unpaired) electrons. The first-order valence-corrected chi connectivity index (χ1v) is 7.32. The Morgan fingerprint density at radius 3 is 2.92 bits per heavy atom. The molecular weight excluding hydrogens is 323 g/mol. The monoisotopic (exact) mass is 336 g/mol. The lowest BCUT2D eigenvalue weighted by atomic mass is 10.2. The van der Waals surface area contributed by atoms with E-state index in [1.807, 2.05) is 12.1 Å². The number of allylic oxidation sites excluding steroid dienone is 1. The van der Waals surface area contributed by atoms with E-state index in [1.54, 1.807) is 30.3 Å². The van der Waals surface area contributed by atoms with Gasteiger partial charge in [-0.25, -0.2) is 4.39 Å². The zero-order valence-electron chi connectivity index (χ0n) is 13.0. The van der Waals surface area contributed by atoms with Gasteiger partial charge in [-0.15, -0.1) is 10.2 Å². The number of rotatable bonds is 6. The van der Waals surface area contributed by atoms with E-state index in [4.69, 9.17) is 10.00 Å². The summed E-state index contributed by atoms with van der Waals surface area (Å²) in [5, 5.41) is 25.3. The lowest BCUT2D eigenvalue weighted by Crippen LogP contribution is -1.97. The molecule has 0 unspecified atom stereocenters. The summed E-state index contributed by atoms with van der Waals surface area (Å²) in [7, 11) is 0. The molecule has 0 aliphatic rings. The Morgan fingerprint density at radius 1 is 1.28 bits per heavy atom. The number of hydrogen-bond acceptors (Lipinski definition) is 6. The molecule has 2 aromatic carbocycles. The summed E-state index contributed by atoms with van der Waals surface area (Å²) in [5.74, 6) is 0.515. The Hall–Kier alpha value is -3.73. The molecule has 0 aliphatic heterocycles. The molecule has 1 aromatic heterocycles. The van der Waals surface area contributed by atoms with E-state index in [0.29, 0.717) is 11.4 Å². The standard InChI is InChI=1S/C17H13FN6O/c18-14-4-1-3-12(7-14)11-25-16-6-2-5-15(8-16)20-10-13(9-19)17-21-23-24-22-17/h1-8,10,20H,11H2,(H,21,22,23,24). The molecule has 7 nitrogen and oxygen atoms in total. The van der Waals surface area contributed by atoms with Crippen molar-refractivity contribution in [2.24, 2.45) is 0 Å². The number of ether oxygens (including phenoxy) is 1. The zero-order chi connectivity index (χ0) is 17.5. The first-order chi connectivity index (χ1) is 12.2. The summed E-state index contributed by atoms with van der Waals surface area (Å²) < 4.78 is 18.8. The first-order valence-electron chi connectivity index (χ1n) is 7.32. The summed E-state index contributed by atoms with van der Waals surface area (Å²) in [6.07, 6.45) is 1.48. The van der Waals surface area contributed by atoms with Crippen molar-refractivity contribution in [3.05, 3.63) is 71.9 Å². The highest BCUT2D eigenvalue weighted by molar-refractivity contribution is 5.74. The second-order valence-corrected chi connectivity index (χ2v) is 5.00. The van der Waals surface area contributed by atoms with Crippen LogP contribution in [0.3, 0.4) is 0 Å². The van der Waals surface area contributed by atoms with Crippen LogP contribution in [-0.4, -0.2) is 20.6 Å². The quantitative estimate of drug-likeness (QED) is 0.672. The van der Waals surface area contributed by atoms with E-state index in [9.17, 15) is 4.39 Å². The number of anilines is 1. The highest BCUT2D eigenvalue weighted by atomic mass is 19.1. The normalized spacial score (nSPS) is 11.0. The number of aromatic amines is 1. The molecule has 0 bridgehead atoms. The van der Waals surface area contributed by atoms with Gasteiger partial charge in [-0.1, -0.05) is 18.2 Å². The molecule has 3 rings (SSSR count). The molecule has 0 saturated carbocycles. The van der Waals surface area contributed by atoms with E-state index in [1.165, 1.54) is 18.3 Å². The molecule has 3 aromatic rings. The molecule has 0 aliphatic carbocycles. The number of nitrogens with zero attached hydrogens (tertiary/aromatic N) is 4. The third-order valence-electron chi connectivity index (χ3n) is 3.22. The number of aromatic nitrogens is 4. The van der Waals surface area contributed by atoms with Crippen LogP contribution >= 0.6 is 0 Å². The van der Waals surface area contributed by atoms with Crippen molar-refractivity contribution < 1.29 is 9.13 Å². The SMILES string of the molecule is N#CC(=CNc1cccc(OCc2cccc(F)c2)c1)c1nn[nH]n1. The van der Waals surface area contributed by atoms with Crippen molar-refractivity contribution in [1.29, 1.82) is 5.26 Å². The van der Waals surface area contributed by atoms with Crippen LogP contribution in [0.2, 0.25) is 0 Å². The third kappa shape index (κ3) is 4.39. The maximum absolute atomic E-state index is 13.2. The molecule has 25 heavy (non-hydrogen) atoms. The minimum absolute atomic E-state index is 0.202. The Balaban J connectivity index is 1.66. The number of halogens is 1. The highest BCUT2D eigenvalue weighted by Crippen LogP contribution is 2.19. The van der Waals surface area contributed by atoms with Crippen molar-refractivity contribution in [2.45, 2.75) is 6.61 Å². The van der Waals surface area contributed by atoms with Crippen LogP contribution < -0.4 is 10.1 Å². The number of H-pyrrole nitrogens is 1. The van der Waals surface area contributed by atoms with Gasteiger partial charge in [0.25, 0.3) is 0 Å². The van der Waals surface area contributed by atoms with Crippen LogP contribution in [0.4, 0.5) is 10.1 Å². The van der Waals surface area contributed by atoms with Gasteiger partial charge in [0, 0.05) is 18.0 Å². The van der Waals surface area contributed by atoms with Crippen LogP contribution in [0.15, 0.2) is 54.7 Å². The fraction of sp³-hybridized carbons (Fsp3) is 0.0588. The Bertz CT molecular complexity index is 917. The molecule has 0 spiro atoms. The summed E-state index contributed by atoms with van der Waals surface area (Å²) >= 11 is 0. The Kier molecular flexibility index (Phi) is 4.97. The highest BCUT2D eigenvalue weighted by Gasteiger charge is 2.05. The van der Waals surface area contributed by atoms with Crippen molar-refractivity contribution in [3.63, 3.8) is 0 Å². The maximum Gasteiger partial charge on any atom is 0.216 e. The van der Waals surface area contributed by atoms with Crippen LogP contribution in [-0.2, 0) is 6.61 Å². The number of nitriles is 1. The van der Waals surface area contributed by atoms with Crippen molar-refractivity contribution in [1.82, 2.24) is 20.6 Å². The molecule has 1 heterocycles. The number of tetrazole rings is 1. The molecule has 0 fully saturated rings. The zero-order valence-corrected chi connectivity index (χ0v) is 13.0. The van der Waals surface area contributed by atoms with E-state index in [-0.39, 0.29) is 23.8 Å². The maximum atomic E-state index is 13.2. The smallest absolute Gasteiger partial charge is 0.216 e. The van der Waals surface area contributed by atoms with Crippen molar-refractivity contribution in [3.8, 4) is 11.8 Å². The number of benzene rings is 2. The predicted octanol–water partition coefficient (Wildman–Crippen LogP) is 2.89. The molecule has 0 amide bonds. The second-order valence-electron chi connectivity index (χ2n) is 5.00. The van der Waals surface area contributed by atoms with E-state index in [2.05, 4.69) is 25.9 Å². The van der Waals surface area contributed by atoms with Crippen molar-refractivity contribution >= 4 is 11.3 Å². The van der Waals surface area contributed by atoms with Gasteiger partial charge in [-0.05, 0) is 35.0 Å². The van der Waals surface area contributed by atoms with Gasteiger partial charge in [0.1, 0.15) is 29.8 Å². The summed E-state index contributed by atoms with van der Waals surface area (Å²) in [4.78, 5) is 0. The molecule has 0 saturated heterocycles. The Labute approximate surface area is 142 Å². The van der Waals surface area contributed by atoms with Gasteiger partial charge in [0.15, 0.2) is 0 Å². The van der Waals surface area contributed by atoms with Gasteiger partial charge in [0.05, 0.1) is 0 Å². The summed E-state index contributed by atoms with van der Waals surface area (Å²) in [6, 6.07) is 15.4. The molecule has 2 N–H and O–H groups in total. The summed E-state index contributed by atoms with van der Waals surface area (Å²) in [5.41, 5.74) is 1.69. The molecular formula is C17H13FN6O. The summed E-state index contributed by atoms with van der Waals surface area (Å²) in [6.45, 7) is 0.253. The van der Waals surface area contributed by atoms with Crippen LogP contribution in [0.5, 0.6) is 5.75 Å². The fourth-order valence-corrected chi connectivity index (χ4v) is 2.05. The largest absolute Gasteiger partial charge is 0.489 e. The van der Waals surface area contributed by atoms with Crippen LogP contribution in [0.25, 0.3) is 5.57 Å². The number of nitrogens with one attached hydrogen (secondary N) is 2. The Morgan fingerprint density at radius 2 is 2.16 bits per heavy atom. The average molecular weight is 336 g/mol. The van der Waals surface area contributed by atoms with E-state index < -0.39 is 0 Å². The van der Waals surface area contributed by atoms with Crippen LogP contribution in [0, 0.1) is 17.1 Å². The van der Waals surface area contributed by atoms with E-state index >= 15 is 0 Å². The third-order valence-corrected chi connectivity index (χ3v) is 3.22. The van der Waals surface area contributed by atoms with Gasteiger partial charge in [-0.3, -0.25) is 0 Å². The first kappa shape index (κ1) is 16.1. The molecule has 0 atom stereocenters. The molecule has 124 valence electrons. The lowest BCUT2D eigenvalue weighted by Gasteiger charge is -2.08. The second kappa shape index (κ2) is 7.70. The topological polar surface area (TPSA) is 99.5 Å². The van der Waals surface area contributed by atoms with Gasteiger partial charge in [0.2, 0.25) is 5.82 Å². The van der Waals surface area contributed by atoms with Crippen LogP contribution in [0.1, 0.15) is 11.4 Å².